The van der Waals surface area contributed by atoms with Crippen molar-refractivity contribution in [1.29, 1.82) is 0 Å². The second-order valence-corrected chi connectivity index (χ2v) is 11.2. The third kappa shape index (κ3) is 5.55. The summed E-state index contributed by atoms with van der Waals surface area (Å²) < 4.78 is -1.34. The predicted octanol–water partition coefficient (Wildman–Crippen LogP) is 8.73. The quantitative estimate of drug-likeness (QED) is 0.289. The van der Waals surface area contributed by atoms with Gasteiger partial charge in [-0.3, -0.25) is 9.59 Å². The van der Waals surface area contributed by atoms with Crippen LogP contribution >= 0.6 is 81.2 Å². The van der Waals surface area contributed by atoms with E-state index in [2.05, 4.69) is 10.6 Å². The number of anilines is 2. The highest BCUT2D eigenvalue weighted by Crippen LogP contribution is 2.65. The topological polar surface area (TPSA) is 58.2 Å². The molecule has 176 valence electrons. The molecule has 1 aliphatic carbocycles. The highest BCUT2D eigenvalue weighted by molar-refractivity contribution is 6.53. The first kappa shape index (κ1) is 25.7. The minimum absolute atomic E-state index is 0.132. The molecule has 2 atom stereocenters. The van der Waals surface area contributed by atoms with Gasteiger partial charge >= 0.3 is 0 Å². The summed E-state index contributed by atoms with van der Waals surface area (Å²) in [5.74, 6) is -2.20. The number of benzene rings is 3. The van der Waals surface area contributed by atoms with Crippen molar-refractivity contribution < 1.29 is 9.59 Å². The van der Waals surface area contributed by atoms with Gasteiger partial charge in [-0.15, -0.1) is 23.2 Å². The highest BCUT2D eigenvalue weighted by atomic mass is 35.5. The number of carbonyl (C=O) groups excluding carboxylic acids is 2. The molecule has 4 nitrogen and oxygen atoms in total. The zero-order valence-corrected chi connectivity index (χ0v) is 22.1. The van der Waals surface area contributed by atoms with Crippen LogP contribution in [0.2, 0.25) is 25.1 Å². The third-order valence-electron chi connectivity index (χ3n) is 5.18. The van der Waals surface area contributed by atoms with Gasteiger partial charge in [-0.25, -0.2) is 0 Å². The number of nitrogens with one attached hydrogen (secondary N) is 2. The molecule has 0 radical (unpaired) electrons. The molecule has 1 fully saturated rings. The Balaban J connectivity index is 1.52. The average molecular weight is 598 g/mol. The highest BCUT2D eigenvalue weighted by Gasteiger charge is 2.67. The lowest BCUT2D eigenvalue weighted by molar-refractivity contribution is -0.117. The molecule has 1 saturated carbocycles. The third-order valence-corrected chi connectivity index (χ3v) is 7.32. The molecule has 34 heavy (non-hydrogen) atoms. The summed E-state index contributed by atoms with van der Waals surface area (Å²) in [7, 11) is 0. The lowest BCUT2D eigenvalue weighted by Crippen LogP contribution is -2.18. The molecule has 11 heteroatoms. The first-order valence-corrected chi connectivity index (χ1v) is 12.3. The molecule has 3 aromatic carbocycles. The molecule has 0 spiro atoms. The van der Waals surface area contributed by atoms with E-state index in [0.29, 0.717) is 37.0 Å². The summed E-state index contributed by atoms with van der Waals surface area (Å²) in [6.07, 6.45) is 0. The molecule has 4 rings (SSSR count). The summed E-state index contributed by atoms with van der Waals surface area (Å²) in [6.45, 7) is 0. The maximum Gasteiger partial charge on any atom is 0.257 e. The van der Waals surface area contributed by atoms with Crippen molar-refractivity contribution in [3.63, 3.8) is 0 Å². The number of rotatable bonds is 5. The maximum atomic E-state index is 13.0. The molecule has 2 unspecified atom stereocenters. The fourth-order valence-electron chi connectivity index (χ4n) is 3.64. The van der Waals surface area contributed by atoms with E-state index in [1.807, 2.05) is 0 Å². The van der Waals surface area contributed by atoms with Crippen molar-refractivity contribution in [3.05, 3.63) is 90.8 Å². The van der Waals surface area contributed by atoms with Gasteiger partial charge in [0.25, 0.3) is 5.91 Å². The fraction of sp³-hybridized carbons (Fsp3) is 0.130. The zero-order valence-electron chi connectivity index (χ0n) is 16.8. The van der Waals surface area contributed by atoms with E-state index in [4.69, 9.17) is 81.2 Å². The van der Waals surface area contributed by atoms with Gasteiger partial charge in [-0.1, -0.05) is 58.0 Å². The van der Waals surface area contributed by atoms with E-state index in [9.17, 15) is 9.59 Å². The number of hydrogen-bond acceptors (Lipinski definition) is 2. The van der Waals surface area contributed by atoms with Gasteiger partial charge in [0, 0.05) is 37.4 Å². The fourth-order valence-corrected chi connectivity index (χ4v) is 5.74. The minimum atomic E-state index is -1.34. The Morgan fingerprint density at radius 3 is 1.85 bits per heavy atom. The number of amides is 2. The molecule has 0 saturated heterocycles. The van der Waals surface area contributed by atoms with Gasteiger partial charge < -0.3 is 10.6 Å². The lowest BCUT2D eigenvalue weighted by atomic mass is 10.1. The first-order chi connectivity index (χ1) is 16.0. The average Bonchev–Trinajstić information content (AvgIpc) is 3.30. The Labute approximate surface area is 230 Å². The van der Waals surface area contributed by atoms with Crippen LogP contribution in [0.3, 0.4) is 0 Å². The van der Waals surface area contributed by atoms with Crippen molar-refractivity contribution in [2.75, 3.05) is 10.6 Å². The van der Waals surface area contributed by atoms with Gasteiger partial charge in [-0.05, 0) is 60.2 Å². The predicted molar refractivity (Wildman–Crippen MR) is 142 cm³/mol. The van der Waals surface area contributed by atoms with E-state index in [0.717, 1.165) is 0 Å². The van der Waals surface area contributed by atoms with Gasteiger partial charge in [-0.2, -0.15) is 0 Å². The smallest absolute Gasteiger partial charge is 0.257 e. The molecular formula is C23H13Cl7N2O2. The summed E-state index contributed by atoms with van der Waals surface area (Å²) in [5, 5.41) is 7.14. The van der Waals surface area contributed by atoms with Crippen LogP contribution in [0.15, 0.2) is 54.6 Å². The van der Waals surface area contributed by atoms with Crippen molar-refractivity contribution in [2.45, 2.75) is 10.3 Å². The number of hydrogen-bond donors (Lipinski definition) is 2. The van der Waals surface area contributed by atoms with Crippen LogP contribution < -0.4 is 10.6 Å². The largest absolute Gasteiger partial charge is 0.326 e. The molecule has 3 aromatic rings. The second kappa shape index (κ2) is 9.94. The van der Waals surface area contributed by atoms with Crippen LogP contribution in [0.4, 0.5) is 11.4 Å². The molecule has 0 aliphatic heterocycles. The van der Waals surface area contributed by atoms with Crippen molar-refractivity contribution in [3.8, 4) is 0 Å². The standard InChI is InChI=1S/C23H13Cl7N2O2/c24-11-3-10(4-12(25)5-11)19-20(23(19,29)30)22(34)31-15-1-2-18(28)17(9-15)21(33)32-16-7-13(26)6-14(27)8-16/h1-9,19-20H,(H,31,34)(H,32,33). The van der Waals surface area contributed by atoms with Crippen molar-refractivity contribution in [1.82, 2.24) is 0 Å². The van der Waals surface area contributed by atoms with Crippen LogP contribution in [0.25, 0.3) is 0 Å². The Morgan fingerprint density at radius 2 is 1.26 bits per heavy atom. The molecule has 2 N–H and O–H groups in total. The zero-order chi connectivity index (χ0) is 24.8. The first-order valence-electron chi connectivity index (χ1n) is 9.67. The van der Waals surface area contributed by atoms with E-state index in [1.165, 1.54) is 18.2 Å². The summed E-state index contributed by atoms with van der Waals surface area (Å²) in [6, 6.07) is 14.0. The molecular weight excluding hydrogens is 584 g/mol. The molecule has 0 bridgehead atoms. The van der Waals surface area contributed by atoms with Crippen LogP contribution in [-0.2, 0) is 4.79 Å². The van der Waals surface area contributed by atoms with Crippen LogP contribution in [0.5, 0.6) is 0 Å². The molecule has 0 heterocycles. The van der Waals surface area contributed by atoms with Crippen molar-refractivity contribution in [2.24, 2.45) is 5.92 Å². The maximum absolute atomic E-state index is 13.0. The van der Waals surface area contributed by atoms with E-state index >= 15 is 0 Å². The summed E-state index contributed by atoms with van der Waals surface area (Å²) in [5.41, 5.74) is 1.51. The van der Waals surface area contributed by atoms with Gasteiger partial charge in [0.05, 0.1) is 16.5 Å². The Morgan fingerprint density at radius 1 is 0.706 bits per heavy atom. The minimum Gasteiger partial charge on any atom is -0.326 e. The number of halogens is 7. The van der Waals surface area contributed by atoms with E-state index in [-0.39, 0.29) is 10.6 Å². The monoisotopic (exact) mass is 594 g/mol. The number of alkyl halides is 2. The summed E-state index contributed by atoms with van der Waals surface area (Å²) in [4.78, 5) is 25.8. The van der Waals surface area contributed by atoms with Crippen LogP contribution in [0, 0.1) is 5.92 Å². The van der Waals surface area contributed by atoms with Crippen molar-refractivity contribution >= 4 is 104 Å². The molecule has 2 amide bonds. The van der Waals surface area contributed by atoms with Gasteiger partial charge in [0.15, 0.2) is 0 Å². The van der Waals surface area contributed by atoms with Crippen LogP contribution in [-0.4, -0.2) is 16.1 Å². The SMILES string of the molecule is O=C(Nc1cc(Cl)cc(Cl)c1)c1cc(NC(=O)C2C(c3cc(Cl)cc(Cl)c3)C2(Cl)Cl)ccc1Cl. The Kier molecular flexibility index (Phi) is 7.52. The Bertz CT molecular complexity index is 1270. The van der Waals surface area contributed by atoms with E-state index in [1.54, 1.807) is 36.4 Å². The van der Waals surface area contributed by atoms with Gasteiger partial charge in [0.1, 0.15) is 4.33 Å². The summed E-state index contributed by atoms with van der Waals surface area (Å²) >= 11 is 43.1. The van der Waals surface area contributed by atoms with E-state index < -0.39 is 28.0 Å². The molecule has 0 aromatic heterocycles. The molecule has 1 aliphatic rings. The second-order valence-electron chi connectivity index (χ2n) is 7.63. The number of carbonyl (C=O) groups is 2. The van der Waals surface area contributed by atoms with Gasteiger partial charge in [0.2, 0.25) is 5.91 Å². The lowest BCUT2D eigenvalue weighted by Gasteiger charge is -2.11. The Hall–Kier alpha value is -1.37. The normalized spacial score (nSPS) is 18.3. The van der Waals surface area contributed by atoms with Crippen LogP contribution in [0.1, 0.15) is 21.8 Å².